The number of nitrogens with zero attached hydrogens (tertiary/aromatic N) is 2. The van der Waals surface area contributed by atoms with Gasteiger partial charge in [-0.1, -0.05) is 23.7 Å². The molecule has 0 fully saturated rings. The number of hydrogen-bond donors (Lipinski definition) is 0. The lowest BCUT2D eigenvalue weighted by Crippen LogP contribution is -2.29. The maximum absolute atomic E-state index is 12.5. The van der Waals surface area contributed by atoms with Gasteiger partial charge in [0.1, 0.15) is 5.69 Å². The number of pyridine rings is 1. The van der Waals surface area contributed by atoms with Gasteiger partial charge in [0.2, 0.25) is 0 Å². The van der Waals surface area contributed by atoms with E-state index in [-0.39, 0.29) is 11.6 Å². The molecule has 1 amide bonds. The number of carbonyl (C=O) groups excluding carboxylic acids is 1. The van der Waals surface area contributed by atoms with Crippen LogP contribution < -0.4 is 0 Å². The summed E-state index contributed by atoms with van der Waals surface area (Å²) in [7, 11) is 1.57. The minimum Gasteiger partial charge on any atom is -0.335 e. The van der Waals surface area contributed by atoms with Gasteiger partial charge in [-0.25, -0.2) is 0 Å². The van der Waals surface area contributed by atoms with E-state index in [9.17, 15) is 18.0 Å². The molecule has 0 saturated carbocycles. The third-order valence-corrected chi connectivity index (χ3v) is 3.77. The maximum Gasteiger partial charge on any atom is 0.433 e. The first kappa shape index (κ1) is 17.3. The Morgan fingerprint density at radius 2 is 1.96 bits per heavy atom. The molecule has 1 unspecified atom stereocenters. The Hall–Kier alpha value is -2.08. The fourth-order valence-corrected chi connectivity index (χ4v) is 2.26. The molecule has 23 heavy (non-hydrogen) atoms. The molecule has 2 aromatic rings. The van der Waals surface area contributed by atoms with Gasteiger partial charge in [-0.3, -0.25) is 9.78 Å². The van der Waals surface area contributed by atoms with Gasteiger partial charge in [0.05, 0.1) is 11.6 Å². The molecule has 0 spiro atoms. The second-order valence-electron chi connectivity index (χ2n) is 5.08. The average molecular weight is 343 g/mol. The zero-order valence-corrected chi connectivity index (χ0v) is 13.2. The third-order valence-electron chi connectivity index (χ3n) is 3.53. The fourth-order valence-electron chi connectivity index (χ4n) is 2.06. The second kappa shape index (κ2) is 6.58. The summed E-state index contributed by atoms with van der Waals surface area (Å²) in [5, 5.41) is 0.548. The van der Waals surface area contributed by atoms with Crippen LogP contribution in [0, 0.1) is 0 Å². The molecule has 2 rings (SSSR count). The zero-order chi connectivity index (χ0) is 17.2. The fraction of sp³-hybridized carbons (Fsp3) is 0.250. The van der Waals surface area contributed by atoms with Crippen LogP contribution in [0.3, 0.4) is 0 Å². The minimum atomic E-state index is -4.53. The summed E-state index contributed by atoms with van der Waals surface area (Å²) in [6.07, 6.45) is -3.59. The molecule has 1 aromatic heterocycles. The van der Waals surface area contributed by atoms with Crippen LogP contribution in [0.15, 0.2) is 42.6 Å². The monoisotopic (exact) mass is 342 g/mol. The van der Waals surface area contributed by atoms with Crippen molar-refractivity contribution in [1.82, 2.24) is 9.88 Å². The number of carbonyl (C=O) groups is 1. The predicted molar refractivity (Wildman–Crippen MR) is 81.2 cm³/mol. The second-order valence-corrected chi connectivity index (χ2v) is 5.51. The van der Waals surface area contributed by atoms with Gasteiger partial charge in [0.25, 0.3) is 5.91 Å². The largest absolute Gasteiger partial charge is 0.433 e. The molecule has 1 heterocycles. The Bertz CT molecular complexity index is 701. The molecule has 122 valence electrons. The standard InChI is InChI=1S/C16H14ClF3N2O/c1-10(11-4-3-5-13(17)8-11)22(2)15(23)12-6-7-14(21-9-12)16(18,19)20/h3-10H,1-2H3. The summed E-state index contributed by atoms with van der Waals surface area (Å²) < 4.78 is 37.5. The molecular weight excluding hydrogens is 329 g/mol. The van der Waals surface area contributed by atoms with Gasteiger partial charge in [-0.05, 0) is 36.8 Å². The van der Waals surface area contributed by atoms with Crippen molar-refractivity contribution in [3.63, 3.8) is 0 Å². The van der Waals surface area contributed by atoms with Gasteiger partial charge < -0.3 is 4.90 Å². The number of benzene rings is 1. The predicted octanol–water partition coefficient (Wildman–Crippen LogP) is 4.59. The first-order valence-corrected chi connectivity index (χ1v) is 7.14. The summed E-state index contributed by atoms with van der Waals surface area (Å²) in [5.41, 5.74) is -0.109. The van der Waals surface area contributed by atoms with Gasteiger partial charge in [0.15, 0.2) is 0 Å². The van der Waals surface area contributed by atoms with Crippen molar-refractivity contribution in [2.24, 2.45) is 0 Å². The molecule has 1 aromatic carbocycles. The van der Waals surface area contributed by atoms with Crippen molar-refractivity contribution in [3.8, 4) is 0 Å². The lowest BCUT2D eigenvalue weighted by molar-refractivity contribution is -0.141. The summed E-state index contributed by atoms with van der Waals surface area (Å²) in [6, 6.07) is 8.69. The lowest BCUT2D eigenvalue weighted by Gasteiger charge is -2.25. The van der Waals surface area contributed by atoms with E-state index in [0.29, 0.717) is 5.02 Å². The highest BCUT2D eigenvalue weighted by Crippen LogP contribution is 2.28. The molecular formula is C16H14ClF3N2O. The molecule has 0 aliphatic heterocycles. The van der Waals surface area contributed by atoms with E-state index in [1.165, 1.54) is 4.90 Å². The number of aromatic nitrogens is 1. The van der Waals surface area contributed by atoms with Gasteiger partial charge >= 0.3 is 6.18 Å². The van der Waals surface area contributed by atoms with Crippen LogP contribution in [0.4, 0.5) is 13.2 Å². The lowest BCUT2D eigenvalue weighted by atomic mass is 10.1. The van der Waals surface area contributed by atoms with Gasteiger partial charge in [-0.15, -0.1) is 0 Å². The average Bonchev–Trinajstić information content (AvgIpc) is 2.52. The van der Waals surface area contributed by atoms with E-state index >= 15 is 0 Å². The molecule has 0 saturated heterocycles. The van der Waals surface area contributed by atoms with Gasteiger partial charge in [-0.2, -0.15) is 13.2 Å². The highest BCUT2D eigenvalue weighted by Gasteiger charge is 2.32. The van der Waals surface area contributed by atoms with Crippen LogP contribution in [0.1, 0.15) is 34.6 Å². The minimum absolute atomic E-state index is 0.0920. The van der Waals surface area contributed by atoms with Crippen LogP contribution in [0.5, 0.6) is 0 Å². The molecule has 0 radical (unpaired) electrons. The van der Waals surface area contributed by atoms with E-state index in [4.69, 9.17) is 11.6 Å². The van der Waals surface area contributed by atoms with Crippen molar-refractivity contribution in [2.75, 3.05) is 7.05 Å². The number of hydrogen-bond acceptors (Lipinski definition) is 2. The Labute approximate surface area is 136 Å². The summed E-state index contributed by atoms with van der Waals surface area (Å²) in [4.78, 5) is 17.1. The summed E-state index contributed by atoms with van der Waals surface area (Å²) in [5.74, 6) is -0.418. The van der Waals surface area contributed by atoms with Gasteiger partial charge in [0, 0.05) is 18.3 Å². The highest BCUT2D eigenvalue weighted by molar-refractivity contribution is 6.30. The van der Waals surface area contributed by atoms with Crippen molar-refractivity contribution < 1.29 is 18.0 Å². The number of alkyl halides is 3. The number of rotatable bonds is 3. The first-order valence-electron chi connectivity index (χ1n) is 6.76. The molecule has 0 aliphatic rings. The van der Waals surface area contributed by atoms with E-state index < -0.39 is 17.8 Å². The SMILES string of the molecule is CC(c1cccc(Cl)c1)N(C)C(=O)c1ccc(C(F)(F)F)nc1. The highest BCUT2D eigenvalue weighted by atomic mass is 35.5. The Morgan fingerprint density at radius 3 is 2.48 bits per heavy atom. The molecule has 1 atom stereocenters. The molecule has 3 nitrogen and oxygen atoms in total. The Kier molecular flexibility index (Phi) is 4.94. The van der Waals surface area contributed by atoms with Crippen LogP contribution in [0.2, 0.25) is 5.02 Å². The Balaban J connectivity index is 2.19. The van der Waals surface area contributed by atoms with E-state index in [1.54, 1.807) is 32.2 Å². The van der Waals surface area contributed by atoms with Crippen molar-refractivity contribution in [1.29, 1.82) is 0 Å². The first-order chi connectivity index (χ1) is 10.7. The van der Waals surface area contributed by atoms with E-state index in [1.807, 2.05) is 6.07 Å². The summed E-state index contributed by atoms with van der Waals surface area (Å²) in [6.45, 7) is 1.81. The van der Waals surface area contributed by atoms with Crippen molar-refractivity contribution in [3.05, 3.63) is 64.4 Å². The smallest absolute Gasteiger partial charge is 0.335 e. The van der Waals surface area contributed by atoms with Crippen LogP contribution in [-0.2, 0) is 6.18 Å². The quantitative estimate of drug-likeness (QED) is 0.817. The number of amides is 1. The van der Waals surface area contributed by atoms with E-state index in [0.717, 1.165) is 23.9 Å². The molecule has 0 bridgehead atoms. The normalized spacial score (nSPS) is 12.8. The Morgan fingerprint density at radius 1 is 1.26 bits per heavy atom. The van der Waals surface area contributed by atoms with E-state index in [2.05, 4.69) is 4.98 Å². The van der Waals surface area contributed by atoms with Crippen LogP contribution >= 0.6 is 11.6 Å². The zero-order valence-electron chi connectivity index (χ0n) is 12.4. The number of halogens is 4. The topological polar surface area (TPSA) is 33.2 Å². The van der Waals surface area contributed by atoms with Crippen LogP contribution in [-0.4, -0.2) is 22.8 Å². The molecule has 0 N–H and O–H groups in total. The molecule has 0 aliphatic carbocycles. The van der Waals surface area contributed by atoms with Crippen molar-refractivity contribution in [2.45, 2.75) is 19.1 Å². The summed E-state index contributed by atoms with van der Waals surface area (Å²) >= 11 is 5.93. The third kappa shape index (κ3) is 4.01. The van der Waals surface area contributed by atoms with Crippen LogP contribution in [0.25, 0.3) is 0 Å². The molecule has 7 heteroatoms. The maximum atomic E-state index is 12.5. The van der Waals surface area contributed by atoms with Crippen molar-refractivity contribution >= 4 is 17.5 Å².